The lowest BCUT2D eigenvalue weighted by Crippen LogP contribution is -2.24. The van der Waals surface area contributed by atoms with Crippen LogP contribution in [-0.2, 0) is 6.42 Å². The van der Waals surface area contributed by atoms with E-state index in [0.717, 1.165) is 30.3 Å². The lowest BCUT2D eigenvalue weighted by atomic mass is 10.1. The summed E-state index contributed by atoms with van der Waals surface area (Å²) in [6.07, 6.45) is 3.60. The van der Waals surface area contributed by atoms with E-state index in [0.29, 0.717) is 51.8 Å². The zero-order valence-corrected chi connectivity index (χ0v) is 20.1. The summed E-state index contributed by atoms with van der Waals surface area (Å²) in [7, 11) is 0. The minimum absolute atomic E-state index is 0.193. The smallest absolute Gasteiger partial charge is 0.266 e. The second-order valence-corrected chi connectivity index (χ2v) is 8.90. The molecule has 0 N–H and O–H groups in total. The number of hydrogen-bond acceptors (Lipinski definition) is 6. The second-order valence-electron chi connectivity index (χ2n) is 8.90. The number of nitrogens with zero attached hydrogens (tertiary/aromatic N) is 4. The maximum Gasteiger partial charge on any atom is 0.266 e. The lowest BCUT2D eigenvalue weighted by molar-refractivity contribution is 0.420. The SMILES string of the molecule is CCCCCc1nc2cc(-c3cc(-c4nc5ccccc5o4)on3)ccc2c(=O)n1-c1ccc(F)cc1. The predicted octanol–water partition coefficient (Wildman–Crippen LogP) is 6.72. The van der Waals surface area contributed by atoms with E-state index in [1.807, 2.05) is 36.4 Å². The molecule has 0 saturated carbocycles. The Hall–Kier alpha value is -4.59. The van der Waals surface area contributed by atoms with Crippen LogP contribution in [0.15, 0.2) is 86.5 Å². The van der Waals surface area contributed by atoms with Crippen molar-refractivity contribution in [3.05, 3.63) is 94.8 Å². The van der Waals surface area contributed by atoms with Crippen LogP contribution in [0.1, 0.15) is 32.0 Å². The van der Waals surface area contributed by atoms with Crippen LogP contribution in [0.3, 0.4) is 0 Å². The molecule has 0 radical (unpaired) electrons. The van der Waals surface area contributed by atoms with Gasteiger partial charge in [-0.2, -0.15) is 0 Å². The van der Waals surface area contributed by atoms with Gasteiger partial charge in [0.05, 0.1) is 16.6 Å². The molecular weight excluding hydrogens is 471 g/mol. The summed E-state index contributed by atoms with van der Waals surface area (Å²) < 4.78 is 26.4. The van der Waals surface area contributed by atoms with Crippen molar-refractivity contribution in [3.63, 3.8) is 0 Å². The van der Waals surface area contributed by atoms with Gasteiger partial charge in [-0.1, -0.05) is 43.1 Å². The first-order valence-corrected chi connectivity index (χ1v) is 12.3. The Morgan fingerprint density at radius 3 is 2.57 bits per heavy atom. The molecule has 0 bridgehead atoms. The first kappa shape index (κ1) is 22.8. The quantitative estimate of drug-likeness (QED) is 0.229. The number of hydrogen-bond donors (Lipinski definition) is 0. The molecular formula is C29H23FN4O3. The van der Waals surface area contributed by atoms with E-state index in [1.165, 1.54) is 12.1 Å². The van der Waals surface area contributed by atoms with Gasteiger partial charge in [0.25, 0.3) is 11.4 Å². The molecule has 0 atom stereocenters. The average molecular weight is 495 g/mol. The Morgan fingerprint density at radius 2 is 1.76 bits per heavy atom. The minimum atomic E-state index is -0.354. The molecule has 37 heavy (non-hydrogen) atoms. The topological polar surface area (TPSA) is 87.0 Å². The van der Waals surface area contributed by atoms with Crippen LogP contribution in [0.2, 0.25) is 0 Å². The highest BCUT2D eigenvalue weighted by Crippen LogP contribution is 2.29. The molecule has 0 aliphatic heterocycles. The summed E-state index contributed by atoms with van der Waals surface area (Å²) >= 11 is 0. The number of para-hydroxylation sites is 2. The van der Waals surface area contributed by atoms with Crippen molar-refractivity contribution in [1.29, 1.82) is 0 Å². The normalized spacial score (nSPS) is 11.5. The van der Waals surface area contributed by atoms with Crippen molar-refractivity contribution >= 4 is 22.0 Å². The highest BCUT2D eigenvalue weighted by molar-refractivity contribution is 5.84. The van der Waals surface area contributed by atoms with Gasteiger partial charge in [0.15, 0.2) is 5.58 Å². The van der Waals surface area contributed by atoms with Gasteiger partial charge in [0.2, 0.25) is 5.76 Å². The van der Waals surface area contributed by atoms with Crippen LogP contribution < -0.4 is 5.56 Å². The van der Waals surface area contributed by atoms with Gasteiger partial charge < -0.3 is 8.94 Å². The number of aromatic nitrogens is 4. The van der Waals surface area contributed by atoms with E-state index in [4.69, 9.17) is 13.9 Å². The molecule has 6 aromatic rings. The second kappa shape index (κ2) is 9.46. The summed E-state index contributed by atoms with van der Waals surface area (Å²) in [6.45, 7) is 2.13. The fraction of sp³-hybridized carbons (Fsp3) is 0.172. The van der Waals surface area contributed by atoms with Crippen molar-refractivity contribution in [2.75, 3.05) is 0 Å². The summed E-state index contributed by atoms with van der Waals surface area (Å²) in [5.41, 5.74) is 3.70. The van der Waals surface area contributed by atoms with Gasteiger partial charge >= 0.3 is 0 Å². The van der Waals surface area contributed by atoms with Gasteiger partial charge in [0, 0.05) is 18.1 Å². The van der Waals surface area contributed by atoms with E-state index in [9.17, 15) is 9.18 Å². The van der Waals surface area contributed by atoms with Crippen LogP contribution in [0, 0.1) is 5.82 Å². The Bertz CT molecular complexity index is 1750. The molecule has 0 fully saturated rings. The standard InChI is InChI=1S/C29H23FN4O3/c1-2-3-4-9-27-31-24-16-18(10-15-21(24)29(35)34(27)20-13-11-19(30)12-14-20)23-17-26(37-33-23)28-32-22-7-5-6-8-25(22)36-28/h5-8,10-17H,2-4,9H2,1H3. The Labute approximate surface area is 211 Å². The molecule has 0 saturated heterocycles. The number of benzene rings is 3. The molecule has 0 unspecified atom stereocenters. The molecule has 0 aliphatic rings. The van der Waals surface area contributed by atoms with Crippen molar-refractivity contribution in [2.45, 2.75) is 32.6 Å². The van der Waals surface area contributed by atoms with Crippen LogP contribution in [0.4, 0.5) is 4.39 Å². The third-order valence-electron chi connectivity index (χ3n) is 6.34. The zero-order valence-electron chi connectivity index (χ0n) is 20.1. The highest BCUT2D eigenvalue weighted by Gasteiger charge is 2.17. The van der Waals surface area contributed by atoms with Gasteiger partial charge in [-0.25, -0.2) is 14.4 Å². The van der Waals surface area contributed by atoms with Crippen molar-refractivity contribution in [2.24, 2.45) is 0 Å². The lowest BCUT2D eigenvalue weighted by Gasteiger charge is -2.14. The molecule has 184 valence electrons. The summed E-state index contributed by atoms with van der Waals surface area (Å²) in [4.78, 5) is 22.9. The molecule has 3 aromatic heterocycles. The average Bonchev–Trinajstić information content (AvgIpc) is 3.57. The number of halogens is 1. The molecule has 8 heteroatoms. The summed E-state index contributed by atoms with van der Waals surface area (Å²) in [5.74, 6) is 1.04. The van der Waals surface area contributed by atoms with Crippen LogP contribution in [-0.4, -0.2) is 19.7 Å². The Balaban J connectivity index is 1.41. The van der Waals surface area contributed by atoms with E-state index < -0.39 is 0 Å². The Morgan fingerprint density at radius 1 is 0.919 bits per heavy atom. The van der Waals surface area contributed by atoms with E-state index >= 15 is 0 Å². The van der Waals surface area contributed by atoms with Crippen LogP contribution >= 0.6 is 0 Å². The fourth-order valence-corrected chi connectivity index (χ4v) is 4.44. The first-order chi connectivity index (χ1) is 18.1. The van der Waals surface area contributed by atoms with Gasteiger partial charge in [-0.05, 0) is 55.0 Å². The summed E-state index contributed by atoms with van der Waals surface area (Å²) in [5, 5.41) is 4.66. The highest BCUT2D eigenvalue weighted by atomic mass is 19.1. The number of aryl methyl sites for hydroxylation is 1. The molecule has 3 aromatic carbocycles. The predicted molar refractivity (Wildman–Crippen MR) is 139 cm³/mol. The first-order valence-electron chi connectivity index (χ1n) is 12.3. The van der Waals surface area contributed by atoms with Gasteiger partial charge in [-0.15, -0.1) is 0 Å². The van der Waals surface area contributed by atoms with E-state index in [-0.39, 0.29) is 11.4 Å². The van der Waals surface area contributed by atoms with Gasteiger partial charge in [-0.3, -0.25) is 9.36 Å². The maximum absolute atomic E-state index is 13.6. The molecule has 7 nitrogen and oxygen atoms in total. The monoisotopic (exact) mass is 494 g/mol. The number of oxazole rings is 1. The minimum Gasteiger partial charge on any atom is -0.434 e. The van der Waals surface area contributed by atoms with Crippen molar-refractivity contribution < 1.29 is 13.3 Å². The van der Waals surface area contributed by atoms with E-state index in [1.54, 1.807) is 28.8 Å². The largest absolute Gasteiger partial charge is 0.434 e. The third kappa shape index (κ3) is 4.31. The Kier molecular flexibility index (Phi) is 5.84. The molecule has 0 aliphatic carbocycles. The maximum atomic E-state index is 13.6. The number of unbranched alkanes of at least 4 members (excludes halogenated alkanes) is 2. The van der Waals surface area contributed by atoms with Gasteiger partial charge in [0.1, 0.15) is 22.9 Å². The molecule has 0 amide bonds. The van der Waals surface area contributed by atoms with Crippen molar-refractivity contribution in [3.8, 4) is 28.6 Å². The number of fused-ring (bicyclic) bond motifs is 2. The number of rotatable bonds is 7. The fourth-order valence-electron chi connectivity index (χ4n) is 4.44. The third-order valence-corrected chi connectivity index (χ3v) is 6.34. The summed E-state index contributed by atoms with van der Waals surface area (Å²) in [6, 6.07) is 20.5. The van der Waals surface area contributed by atoms with Crippen LogP contribution in [0.5, 0.6) is 0 Å². The molecule has 3 heterocycles. The van der Waals surface area contributed by atoms with Crippen molar-refractivity contribution in [1.82, 2.24) is 19.7 Å². The molecule has 6 rings (SSSR count). The molecule has 0 spiro atoms. The van der Waals surface area contributed by atoms with Crippen LogP contribution in [0.25, 0.3) is 50.6 Å². The van der Waals surface area contributed by atoms with E-state index in [2.05, 4.69) is 17.1 Å². The zero-order chi connectivity index (χ0) is 25.4.